The second kappa shape index (κ2) is 9.17. The first-order chi connectivity index (χ1) is 19.8. The molecule has 0 bridgehead atoms. The number of rotatable bonds is 3. The van der Waals surface area contributed by atoms with Crippen LogP contribution in [0.4, 0.5) is 0 Å². The molecule has 0 aliphatic heterocycles. The van der Waals surface area contributed by atoms with Crippen molar-refractivity contribution in [2.75, 3.05) is 0 Å². The smallest absolute Gasteiger partial charge is 0.0998 e. The van der Waals surface area contributed by atoms with Gasteiger partial charge in [0, 0.05) is 40.3 Å². The van der Waals surface area contributed by atoms with E-state index in [9.17, 15) is 5.26 Å². The fourth-order valence-electron chi connectivity index (χ4n) is 5.82. The zero-order chi connectivity index (χ0) is 26.6. The molecule has 186 valence electrons. The van der Waals surface area contributed by atoms with Gasteiger partial charge < -0.3 is 0 Å². The molecular weight excluding hydrogens is 523 g/mol. The number of fused-ring (bicyclic) bond motifs is 6. The third kappa shape index (κ3) is 3.66. The summed E-state index contributed by atoms with van der Waals surface area (Å²) in [5.74, 6) is 0. The highest BCUT2D eigenvalue weighted by molar-refractivity contribution is 7.26. The standard InChI is InChI=1S/C37H21NS2/c38-22-24-8-1-2-9-28(24)26-18-25(23-16-17-36-33(21-23)31-11-4-5-14-34(31)39-36)19-27(20-26)29-12-7-13-32-30-10-3-6-15-35(30)40-37(29)32/h1-21H. The number of thiophene rings is 2. The van der Waals surface area contributed by atoms with Gasteiger partial charge in [-0.05, 0) is 81.9 Å². The van der Waals surface area contributed by atoms with E-state index in [0.29, 0.717) is 5.56 Å². The van der Waals surface area contributed by atoms with Crippen LogP contribution in [0.15, 0.2) is 127 Å². The summed E-state index contributed by atoms with van der Waals surface area (Å²) in [7, 11) is 0. The molecule has 0 atom stereocenters. The molecule has 0 unspecified atom stereocenters. The average molecular weight is 544 g/mol. The van der Waals surface area contributed by atoms with Crippen molar-refractivity contribution in [2.24, 2.45) is 0 Å². The van der Waals surface area contributed by atoms with Gasteiger partial charge in [0.15, 0.2) is 0 Å². The maximum atomic E-state index is 9.92. The quantitative estimate of drug-likeness (QED) is 0.217. The highest BCUT2D eigenvalue weighted by atomic mass is 32.1. The Morgan fingerprint density at radius 3 is 1.85 bits per heavy atom. The van der Waals surface area contributed by atoms with Crippen LogP contribution in [-0.4, -0.2) is 0 Å². The van der Waals surface area contributed by atoms with E-state index in [2.05, 4.69) is 115 Å². The molecule has 8 rings (SSSR count). The highest BCUT2D eigenvalue weighted by Crippen LogP contribution is 2.43. The van der Waals surface area contributed by atoms with Crippen LogP contribution >= 0.6 is 22.7 Å². The Bertz CT molecular complexity index is 2290. The van der Waals surface area contributed by atoms with Gasteiger partial charge in [-0.2, -0.15) is 5.26 Å². The van der Waals surface area contributed by atoms with Gasteiger partial charge in [-0.25, -0.2) is 0 Å². The van der Waals surface area contributed by atoms with Crippen molar-refractivity contribution >= 4 is 63.0 Å². The first kappa shape index (κ1) is 23.2. The fraction of sp³-hybridized carbons (Fsp3) is 0. The van der Waals surface area contributed by atoms with Crippen LogP contribution < -0.4 is 0 Å². The minimum absolute atomic E-state index is 0.685. The highest BCUT2D eigenvalue weighted by Gasteiger charge is 2.15. The van der Waals surface area contributed by atoms with Crippen LogP contribution in [0.5, 0.6) is 0 Å². The van der Waals surface area contributed by atoms with E-state index in [-0.39, 0.29) is 0 Å². The molecule has 1 nitrogen and oxygen atoms in total. The van der Waals surface area contributed by atoms with E-state index in [1.54, 1.807) is 0 Å². The summed E-state index contributed by atoms with van der Waals surface area (Å²) in [5.41, 5.74) is 7.40. The third-order valence-corrected chi connectivity index (χ3v) is 10.1. The second-order valence-corrected chi connectivity index (χ2v) is 12.2. The van der Waals surface area contributed by atoms with E-state index < -0.39 is 0 Å². The lowest BCUT2D eigenvalue weighted by atomic mass is 9.91. The lowest BCUT2D eigenvalue weighted by molar-refractivity contribution is 1.48. The van der Waals surface area contributed by atoms with Gasteiger partial charge in [0.05, 0.1) is 11.6 Å². The Hall–Kier alpha value is -4.75. The van der Waals surface area contributed by atoms with Gasteiger partial charge in [-0.15, -0.1) is 22.7 Å². The fourth-order valence-corrected chi connectivity index (χ4v) is 8.14. The van der Waals surface area contributed by atoms with Crippen molar-refractivity contribution in [3.8, 4) is 39.4 Å². The van der Waals surface area contributed by atoms with Crippen LogP contribution in [0.2, 0.25) is 0 Å². The van der Waals surface area contributed by atoms with Gasteiger partial charge in [0.1, 0.15) is 0 Å². The van der Waals surface area contributed by atoms with E-state index in [0.717, 1.165) is 22.3 Å². The zero-order valence-electron chi connectivity index (χ0n) is 21.4. The average Bonchev–Trinajstić information content (AvgIpc) is 3.59. The van der Waals surface area contributed by atoms with Crippen molar-refractivity contribution in [1.29, 1.82) is 5.26 Å². The summed E-state index contributed by atoms with van der Waals surface area (Å²) in [6.45, 7) is 0. The number of nitrogens with zero attached hydrogens (tertiary/aromatic N) is 1. The van der Waals surface area contributed by atoms with Crippen molar-refractivity contribution in [3.05, 3.63) is 133 Å². The van der Waals surface area contributed by atoms with Crippen LogP contribution in [0.1, 0.15) is 5.56 Å². The van der Waals surface area contributed by atoms with Crippen LogP contribution in [0, 0.1) is 11.3 Å². The van der Waals surface area contributed by atoms with Crippen LogP contribution in [-0.2, 0) is 0 Å². The molecule has 0 spiro atoms. The summed E-state index contributed by atoms with van der Waals surface area (Å²) >= 11 is 3.69. The Labute approximate surface area is 239 Å². The first-order valence-electron chi connectivity index (χ1n) is 13.2. The topological polar surface area (TPSA) is 23.8 Å². The molecule has 0 radical (unpaired) electrons. The molecule has 0 fully saturated rings. The zero-order valence-corrected chi connectivity index (χ0v) is 23.0. The molecule has 6 aromatic carbocycles. The van der Waals surface area contributed by atoms with Crippen molar-refractivity contribution in [2.45, 2.75) is 0 Å². The van der Waals surface area contributed by atoms with E-state index in [1.165, 1.54) is 51.5 Å². The number of hydrogen-bond donors (Lipinski definition) is 0. The normalized spacial score (nSPS) is 11.5. The van der Waals surface area contributed by atoms with Gasteiger partial charge in [0.25, 0.3) is 0 Å². The summed E-state index contributed by atoms with van der Waals surface area (Å²) < 4.78 is 5.19. The summed E-state index contributed by atoms with van der Waals surface area (Å²) in [4.78, 5) is 0. The molecule has 2 heterocycles. The molecular formula is C37H21NS2. The molecule has 0 aliphatic carbocycles. The Kier molecular flexibility index (Phi) is 5.31. The molecule has 0 N–H and O–H groups in total. The number of benzene rings is 6. The van der Waals surface area contributed by atoms with Crippen LogP contribution in [0.3, 0.4) is 0 Å². The van der Waals surface area contributed by atoms with Crippen molar-refractivity contribution < 1.29 is 0 Å². The first-order valence-corrected chi connectivity index (χ1v) is 14.9. The summed E-state index contributed by atoms with van der Waals surface area (Å²) in [6.07, 6.45) is 0. The Morgan fingerprint density at radius 1 is 0.425 bits per heavy atom. The maximum absolute atomic E-state index is 9.92. The van der Waals surface area contributed by atoms with Gasteiger partial charge in [-0.1, -0.05) is 78.9 Å². The van der Waals surface area contributed by atoms with Gasteiger partial charge in [-0.3, -0.25) is 0 Å². The molecule has 0 aliphatic rings. The predicted octanol–water partition coefficient (Wildman–Crippen LogP) is 11.3. The largest absolute Gasteiger partial charge is 0.192 e. The summed E-state index contributed by atoms with van der Waals surface area (Å²) in [5, 5.41) is 15.1. The summed E-state index contributed by atoms with van der Waals surface area (Å²) in [6, 6.07) is 47.8. The third-order valence-electron chi connectivity index (χ3n) is 7.72. The van der Waals surface area contributed by atoms with Crippen molar-refractivity contribution in [1.82, 2.24) is 0 Å². The monoisotopic (exact) mass is 543 g/mol. The molecule has 8 aromatic rings. The second-order valence-electron chi connectivity index (χ2n) is 10.0. The molecule has 40 heavy (non-hydrogen) atoms. The van der Waals surface area contributed by atoms with Gasteiger partial charge in [0.2, 0.25) is 0 Å². The SMILES string of the molecule is N#Cc1ccccc1-c1cc(-c2ccc3sc4ccccc4c3c2)cc(-c2cccc3c2sc2ccccc23)c1. The maximum Gasteiger partial charge on any atom is 0.0998 e. The van der Waals surface area contributed by atoms with Gasteiger partial charge >= 0.3 is 0 Å². The Balaban J connectivity index is 1.41. The van der Waals surface area contributed by atoms with Crippen LogP contribution in [0.25, 0.3) is 73.7 Å². The number of nitriles is 1. The molecule has 0 amide bonds. The van der Waals surface area contributed by atoms with E-state index in [1.807, 2.05) is 40.9 Å². The Morgan fingerprint density at radius 2 is 1.02 bits per heavy atom. The molecule has 0 saturated carbocycles. The minimum Gasteiger partial charge on any atom is -0.192 e. The van der Waals surface area contributed by atoms with E-state index >= 15 is 0 Å². The predicted molar refractivity (Wildman–Crippen MR) is 173 cm³/mol. The van der Waals surface area contributed by atoms with Crippen molar-refractivity contribution in [3.63, 3.8) is 0 Å². The lowest BCUT2D eigenvalue weighted by Gasteiger charge is -2.13. The minimum atomic E-state index is 0.685. The lowest BCUT2D eigenvalue weighted by Crippen LogP contribution is -1.89. The molecule has 2 aromatic heterocycles. The van der Waals surface area contributed by atoms with E-state index in [4.69, 9.17) is 0 Å². The number of hydrogen-bond acceptors (Lipinski definition) is 3. The molecule has 0 saturated heterocycles. The molecule has 3 heteroatoms.